The van der Waals surface area contributed by atoms with E-state index in [0.29, 0.717) is 3.57 Å². The predicted molar refractivity (Wildman–Crippen MR) is 49.1 cm³/mol. The average molecular weight is 288 g/mol. The van der Waals surface area contributed by atoms with E-state index < -0.39 is 6.43 Å². The Morgan fingerprint density at radius 3 is 2.36 bits per heavy atom. The summed E-state index contributed by atoms with van der Waals surface area (Å²) in [6, 6.07) is 4.72. The minimum atomic E-state index is -2.49. The van der Waals surface area contributed by atoms with Crippen LogP contribution in [0, 0.1) is 3.57 Å². The molecular formula is C7H4ClF2I. The first-order valence-corrected chi connectivity index (χ1v) is 4.30. The molecule has 0 heterocycles. The van der Waals surface area contributed by atoms with Crippen molar-refractivity contribution in [1.82, 2.24) is 0 Å². The summed E-state index contributed by atoms with van der Waals surface area (Å²) in [5.74, 6) is 0. The molecule has 1 rings (SSSR count). The highest BCUT2D eigenvalue weighted by molar-refractivity contribution is 14.1. The minimum Gasteiger partial charge on any atom is -0.205 e. The highest BCUT2D eigenvalue weighted by atomic mass is 127. The van der Waals surface area contributed by atoms with Gasteiger partial charge in [0, 0.05) is 9.13 Å². The summed E-state index contributed by atoms with van der Waals surface area (Å²) in [5.41, 5.74) is -0.0743. The van der Waals surface area contributed by atoms with Gasteiger partial charge in [0.1, 0.15) is 0 Å². The second kappa shape index (κ2) is 3.67. The molecule has 0 unspecified atom stereocenters. The Labute approximate surface area is 81.7 Å². The molecule has 0 aliphatic heterocycles. The van der Waals surface area contributed by atoms with Crippen LogP contribution in [0.25, 0.3) is 0 Å². The Balaban J connectivity index is 3.21. The lowest BCUT2D eigenvalue weighted by atomic mass is 10.2. The molecule has 0 spiro atoms. The maximum Gasteiger partial charge on any atom is 0.266 e. The standard InChI is InChI=1S/C7H4ClF2I/c8-4-2-1-3-5(11)6(4)7(9)10/h1-3,7H. The van der Waals surface area contributed by atoms with Crippen molar-refractivity contribution in [2.24, 2.45) is 0 Å². The van der Waals surface area contributed by atoms with Gasteiger partial charge in [0.15, 0.2) is 0 Å². The lowest BCUT2D eigenvalue weighted by Crippen LogP contribution is -1.89. The zero-order valence-corrected chi connectivity index (χ0v) is 8.23. The number of hydrogen-bond acceptors (Lipinski definition) is 0. The molecule has 1 aromatic rings. The normalized spacial score (nSPS) is 10.6. The monoisotopic (exact) mass is 288 g/mol. The van der Waals surface area contributed by atoms with Crippen molar-refractivity contribution in [1.29, 1.82) is 0 Å². The van der Waals surface area contributed by atoms with Crippen molar-refractivity contribution in [2.75, 3.05) is 0 Å². The molecule has 0 aliphatic carbocycles. The summed E-state index contributed by atoms with van der Waals surface area (Å²) < 4.78 is 24.9. The molecule has 0 fully saturated rings. The Bertz CT molecular complexity index is 242. The second-order valence-corrected chi connectivity index (χ2v) is 3.51. The first-order chi connectivity index (χ1) is 5.13. The summed E-state index contributed by atoms with van der Waals surface area (Å²) >= 11 is 7.38. The van der Waals surface area contributed by atoms with Gasteiger partial charge in [-0.25, -0.2) is 8.78 Å². The van der Waals surface area contributed by atoms with Crippen LogP contribution < -0.4 is 0 Å². The second-order valence-electron chi connectivity index (χ2n) is 1.94. The van der Waals surface area contributed by atoms with Crippen LogP contribution >= 0.6 is 34.2 Å². The number of alkyl halides is 2. The summed E-state index contributed by atoms with van der Waals surface area (Å²) in [4.78, 5) is 0. The van der Waals surface area contributed by atoms with Crippen LogP contribution in [0.5, 0.6) is 0 Å². The van der Waals surface area contributed by atoms with Gasteiger partial charge >= 0.3 is 0 Å². The third-order valence-electron chi connectivity index (χ3n) is 1.22. The van der Waals surface area contributed by atoms with Gasteiger partial charge in [0.25, 0.3) is 6.43 Å². The van der Waals surface area contributed by atoms with Crippen molar-refractivity contribution in [2.45, 2.75) is 6.43 Å². The van der Waals surface area contributed by atoms with Gasteiger partial charge in [-0.1, -0.05) is 17.7 Å². The fourth-order valence-electron chi connectivity index (χ4n) is 0.719. The quantitative estimate of drug-likeness (QED) is 0.688. The molecule has 60 valence electrons. The van der Waals surface area contributed by atoms with Gasteiger partial charge in [-0.05, 0) is 34.7 Å². The number of hydrogen-bond donors (Lipinski definition) is 0. The van der Waals surface area contributed by atoms with Gasteiger partial charge in [-0.15, -0.1) is 0 Å². The SMILES string of the molecule is FC(F)c1c(Cl)cccc1I. The first kappa shape index (κ1) is 9.19. The van der Waals surface area contributed by atoms with Crippen LogP contribution in [-0.2, 0) is 0 Å². The molecule has 0 radical (unpaired) electrons. The van der Waals surface area contributed by atoms with Crippen LogP contribution in [0.3, 0.4) is 0 Å². The van der Waals surface area contributed by atoms with Gasteiger partial charge in [0.2, 0.25) is 0 Å². The van der Waals surface area contributed by atoms with Crippen molar-refractivity contribution >= 4 is 34.2 Å². The van der Waals surface area contributed by atoms with Gasteiger partial charge in [-0.2, -0.15) is 0 Å². The van der Waals surface area contributed by atoms with Crippen molar-refractivity contribution in [3.63, 3.8) is 0 Å². The van der Waals surface area contributed by atoms with E-state index in [2.05, 4.69) is 0 Å². The van der Waals surface area contributed by atoms with E-state index in [1.165, 1.54) is 6.07 Å². The lowest BCUT2D eigenvalue weighted by Gasteiger charge is -2.03. The third kappa shape index (κ3) is 2.02. The first-order valence-electron chi connectivity index (χ1n) is 2.85. The molecule has 0 atom stereocenters. The molecule has 0 aromatic heterocycles. The van der Waals surface area contributed by atoms with E-state index in [1.807, 2.05) is 22.6 Å². The summed E-state index contributed by atoms with van der Waals surface area (Å²) in [6.07, 6.45) is -2.49. The van der Waals surface area contributed by atoms with Crippen LogP contribution in [0.2, 0.25) is 5.02 Å². The van der Waals surface area contributed by atoms with Crippen molar-refractivity contribution < 1.29 is 8.78 Å². The van der Waals surface area contributed by atoms with Crippen LogP contribution in [-0.4, -0.2) is 0 Å². The van der Waals surface area contributed by atoms with E-state index in [-0.39, 0.29) is 10.6 Å². The molecule has 0 bridgehead atoms. The van der Waals surface area contributed by atoms with E-state index in [1.54, 1.807) is 12.1 Å². The van der Waals surface area contributed by atoms with E-state index in [0.717, 1.165) is 0 Å². The maximum absolute atomic E-state index is 12.2. The van der Waals surface area contributed by atoms with Gasteiger partial charge in [0.05, 0.1) is 5.02 Å². The minimum absolute atomic E-state index is 0.0743. The van der Waals surface area contributed by atoms with Gasteiger partial charge in [-0.3, -0.25) is 0 Å². The number of benzene rings is 1. The highest BCUT2D eigenvalue weighted by Gasteiger charge is 2.14. The van der Waals surface area contributed by atoms with E-state index >= 15 is 0 Å². The average Bonchev–Trinajstić information content (AvgIpc) is 1.85. The molecule has 4 heteroatoms. The smallest absolute Gasteiger partial charge is 0.205 e. The Morgan fingerprint density at radius 1 is 1.36 bits per heavy atom. The predicted octanol–water partition coefficient (Wildman–Crippen LogP) is 3.88. The maximum atomic E-state index is 12.2. The molecule has 1 aromatic carbocycles. The van der Waals surface area contributed by atoms with Crippen LogP contribution in [0.15, 0.2) is 18.2 Å². The topological polar surface area (TPSA) is 0 Å². The summed E-state index contributed by atoms with van der Waals surface area (Å²) in [7, 11) is 0. The Kier molecular flexibility index (Phi) is 3.06. The molecule has 0 aliphatic rings. The molecule has 0 saturated carbocycles. The zero-order chi connectivity index (χ0) is 8.43. The van der Waals surface area contributed by atoms with Crippen LogP contribution in [0.4, 0.5) is 8.78 Å². The zero-order valence-electron chi connectivity index (χ0n) is 5.32. The van der Waals surface area contributed by atoms with Gasteiger partial charge < -0.3 is 0 Å². The summed E-state index contributed by atoms with van der Waals surface area (Å²) in [5, 5.41) is 0.131. The largest absolute Gasteiger partial charge is 0.266 e. The lowest BCUT2D eigenvalue weighted by molar-refractivity contribution is 0.150. The molecular weight excluding hydrogens is 284 g/mol. The Morgan fingerprint density at radius 2 is 2.00 bits per heavy atom. The third-order valence-corrected chi connectivity index (χ3v) is 2.49. The summed E-state index contributed by atoms with van der Waals surface area (Å²) in [6.45, 7) is 0. The molecule has 0 N–H and O–H groups in total. The number of rotatable bonds is 1. The molecule has 11 heavy (non-hydrogen) atoms. The van der Waals surface area contributed by atoms with Crippen LogP contribution in [0.1, 0.15) is 12.0 Å². The fourth-order valence-corrected chi connectivity index (χ4v) is 1.87. The fraction of sp³-hybridized carbons (Fsp3) is 0.143. The van der Waals surface area contributed by atoms with Crippen molar-refractivity contribution in [3.8, 4) is 0 Å². The van der Waals surface area contributed by atoms with E-state index in [4.69, 9.17) is 11.6 Å². The Hall–Kier alpha value is 0.100. The van der Waals surface area contributed by atoms with Crippen molar-refractivity contribution in [3.05, 3.63) is 32.4 Å². The molecule has 0 nitrogen and oxygen atoms in total. The highest BCUT2D eigenvalue weighted by Crippen LogP contribution is 2.30. The molecule has 0 saturated heterocycles. The molecule has 0 amide bonds. The van der Waals surface area contributed by atoms with E-state index in [9.17, 15) is 8.78 Å². The number of halogens is 4.